The van der Waals surface area contributed by atoms with E-state index in [0.717, 1.165) is 0 Å². The van der Waals surface area contributed by atoms with Gasteiger partial charge in [-0.2, -0.15) is 15.8 Å². The number of benzene rings is 2. The van der Waals surface area contributed by atoms with Gasteiger partial charge in [-0.3, -0.25) is 0 Å². The molecule has 26 heavy (non-hydrogen) atoms. The third kappa shape index (κ3) is 3.68. The molecule has 0 spiro atoms. The first-order valence-corrected chi connectivity index (χ1v) is 8.17. The van der Waals surface area contributed by atoms with Crippen molar-refractivity contribution in [2.24, 2.45) is 0 Å². The first-order chi connectivity index (χ1) is 12.5. The molecule has 2 rings (SSSR count). The highest BCUT2D eigenvalue weighted by atomic mass is 35.5. The van der Waals surface area contributed by atoms with Crippen molar-refractivity contribution in [3.63, 3.8) is 0 Å². The van der Waals surface area contributed by atoms with Crippen molar-refractivity contribution in [3.8, 4) is 18.2 Å². The zero-order valence-electron chi connectivity index (χ0n) is 14.0. The Kier molecular flexibility index (Phi) is 5.99. The van der Waals surface area contributed by atoms with Gasteiger partial charge in [-0.05, 0) is 30.2 Å². The lowest BCUT2D eigenvalue weighted by Gasteiger charge is -2.30. The number of rotatable bonds is 5. The zero-order valence-corrected chi connectivity index (χ0v) is 14.7. The SMILES string of the molecule is CCC(O)(c1ccccc1)c1cc(Cl)ccc1NC(C#N)=C(C#N)C#N. The monoisotopic (exact) mass is 362 g/mol. The average molecular weight is 363 g/mol. The maximum atomic E-state index is 11.4. The molecule has 2 aromatic rings. The molecule has 0 saturated carbocycles. The predicted octanol–water partition coefficient (Wildman–Crippen LogP) is 4.22. The van der Waals surface area contributed by atoms with Crippen molar-refractivity contribution >= 4 is 17.3 Å². The fourth-order valence-electron chi connectivity index (χ4n) is 2.65. The Morgan fingerprint density at radius 1 is 1.08 bits per heavy atom. The van der Waals surface area contributed by atoms with Crippen molar-refractivity contribution < 1.29 is 5.11 Å². The zero-order chi connectivity index (χ0) is 19.2. The highest BCUT2D eigenvalue weighted by molar-refractivity contribution is 6.30. The normalized spacial score (nSPS) is 12.0. The molecule has 0 aliphatic heterocycles. The van der Waals surface area contributed by atoms with Gasteiger partial charge in [0.15, 0.2) is 5.57 Å². The second-order valence-corrected chi connectivity index (χ2v) is 5.92. The second-order valence-electron chi connectivity index (χ2n) is 5.48. The standard InChI is InChI=1S/C20H15ClN4O/c1-2-20(26,15-6-4-3-5-7-15)17-10-16(21)8-9-18(17)25-19(13-24)14(11-22)12-23/h3-10,25-26H,2H2,1H3. The molecule has 1 atom stereocenters. The Hall–Kier alpha value is -3.30. The molecular formula is C20H15ClN4O. The summed E-state index contributed by atoms with van der Waals surface area (Å²) in [4.78, 5) is 0. The number of aliphatic hydroxyl groups is 1. The van der Waals surface area contributed by atoms with Gasteiger partial charge in [0.25, 0.3) is 0 Å². The summed E-state index contributed by atoms with van der Waals surface area (Å²) in [6.07, 6.45) is 0.348. The second kappa shape index (κ2) is 8.19. The number of hydrogen-bond acceptors (Lipinski definition) is 5. The Morgan fingerprint density at radius 3 is 2.27 bits per heavy atom. The van der Waals surface area contributed by atoms with Crippen LogP contribution in [-0.4, -0.2) is 5.11 Å². The summed E-state index contributed by atoms with van der Waals surface area (Å²) in [5, 5.41) is 41.9. The number of allylic oxidation sites excluding steroid dienone is 2. The van der Waals surface area contributed by atoms with Crippen molar-refractivity contribution in [1.29, 1.82) is 15.8 Å². The van der Waals surface area contributed by atoms with E-state index in [1.54, 1.807) is 42.5 Å². The minimum atomic E-state index is -1.37. The number of hydrogen-bond donors (Lipinski definition) is 2. The largest absolute Gasteiger partial charge is 0.380 e. The molecule has 0 amide bonds. The number of nitrogens with one attached hydrogen (secondary N) is 1. The number of anilines is 1. The molecule has 2 aromatic carbocycles. The molecule has 0 bridgehead atoms. The van der Waals surface area contributed by atoms with Crippen molar-refractivity contribution in [2.75, 3.05) is 5.32 Å². The molecule has 0 heterocycles. The third-order valence-corrected chi connectivity index (χ3v) is 4.27. The van der Waals surface area contributed by atoms with E-state index in [1.807, 2.05) is 31.2 Å². The summed E-state index contributed by atoms with van der Waals surface area (Å²) >= 11 is 6.13. The van der Waals surface area contributed by atoms with Gasteiger partial charge in [-0.15, -0.1) is 0 Å². The highest BCUT2D eigenvalue weighted by Gasteiger charge is 2.32. The van der Waals surface area contributed by atoms with Gasteiger partial charge in [0, 0.05) is 16.3 Å². The number of nitrogens with zero attached hydrogens (tertiary/aromatic N) is 3. The van der Waals surface area contributed by atoms with E-state index in [2.05, 4.69) is 5.32 Å². The van der Waals surface area contributed by atoms with Gasteiger partial charge in [0.1, 0.15) is 29.5 Å². The molecule has 0 saturated heterocycles. The summed E-state index contributed by atoms with van der Waals surface area (Å²) in [5.41, 5.74) is -0.396. The van der Waals surface area contributed by atoms with Crippen LogP contribution in [0.4, 0.5) is 5.69 Å². The Morgan fingerprint density at radius 2 is 1.73 bits per heavy atom. The molecule has 0 radical (unpaired) electrons. The number of halogens is 1. The Bertz CT molecular complexity index is 948. The summed E-state index contributed by atoms with van der Waals surface area (Å²) in [6.45, 7) is 1.83. The van der Waals surface area contributed by atoms with E-state index in [1.165, 1.54) is 0 Å². The van der Waals surface area contributed by atoms with E-state index in [-0.39, 0.29) is 11.3 Å². The molecule has 128 valence electrons. The van der Waals surface area contributed by atoms with Gasteiger partial charge >= 0.3 is 0 Å². The molecule has 6 heteroatoms. The van der Waals surface area contributed by atoms with Crippen LogP contribution in [0.5, 0.6) is 0 Å². The maximum absolute atomic E-state index is 11.4. The Balaban J connectivity index is 2.66. The van der Waals surface area contributed by atoms with E-state index >= 15 is 0 Å². The molecule has 1 unspecified atom stereocenters. The van der Waals surface area contributed by atoms with E-state index in [0.29, 0.717) is 28.3 Å². The molecular weight excluding hydrogens is 348 g/mol. The predicted molar refractivity (Wildman–Crippen MR) is 98.7 cm³/mol. The minimum absolute atomic E-state index is 0.190. The molecule has 0 aromatic heterocycles. The van der Waals surface area contributed by atoms with Crippen LogP contribution >= 0.6 is 11.6 Å². The average Bonchev–Trinajstić information content (AvgIpc) is 2.69. The fourth-order valence-corrected chi connectivity index (χ4v) is 2.82. The van der Waals surface area contributed by atoms with E-state index in [4.69, 9.17) is 22.1 Å². The van der Waals surface area contributed by atoms with Crippen molar-refractivity contribution in [2.45, 2.75) is 18.9 Å². The topological polar surface area (TPSA) is 104 Å². The summed E-state index contributed by atoms with van der Waals surface area (Å²) in [5.74, 6) is 0. The minimum Gasteiger partial charge on any atom is -0.380 e. The molecule has 2 N–H and O–H groups in total. The van der Waals surface area contributed by atoms with E-state index in [9.17, 15) is 10.4 Å². The lowest BCUT2D eigenvalue weighted by atomic mass is 9.83. The molecule has 5 nitrogen and oxygen atoms in total. The van der Waals surface area contributed by atoms with Gasteiger partial charge in [-0.25, -0.2) is 0 Å². The third-order valence-electron chi connectivity index (χ3n) is 4.04. The molecule has 0 aliphatic rings. The fraction of sp³-hybridized carbons (Fsp3) is 0.150. The molecule has 0 fully saturated rings. The van der Waals surface area contributed by atoms with Crippen molar-refractivity contribution in [3.05, 3.63) is 76.0 Å². The summed E-state index contributed by atoms with van der Waals surface area (Å²) in [6, 6.07) is 19.1. The smallest absolute Gasteiger partial charge is 0.163 e. The van der Waals surface area contributed by atoms with Crippen LogP contribution in [0, 0.1) is 34.0 Å². The highest BCUT2D eigenvalue weighted by Crippen LogP contribution is 2.39. The summed E-state index contributed by atoms with van der Waals surface area (Å²) in [7, 11) is 0. The van der Waals surface area contributed by atoms with Crippen LogP contribution in [0.15, 0.2) is 59.8 Å². The molecule has 0 aliphatic carbocycles. The van der Waals surface area contributed by atoms with Crippen LogP contribution in [0.1, 0.15) is 24.5 Å². The van der Waals surface area contributed by atoms with Crippen LogP contribution in [0.2, 0.25) is 5.02 Å². The first-order valence-electron chi connectivity index (χ1n) is 7.79. The first kappa shape index (κ1) is 19.0. The lowest BCUT2D eigenvalue weighted by Crippen LogP contribution is -2.27. The van der Waals surface area contributed by atoms with Gasteiger partial charge in [0.2, 0.25) is 0 Å². The Labute approximate surface area is 157 Å². The van der Waals surface area contributed by atoms with Gasteiger partial charge in [0.05, 0.1) is 0 Å². The maximum Gasteiger partial charge on any atom is 0.163 e. The quantitative estimate of drug-likeness (QED) is 0.775. The van der Waals surface area contributed by atoms with Gasteiger partial charge in [-0.1, -0.05) is 48.9 Å². The van der Waals surface area contributed by atoms with Crippen LogP contribution < -0.4 is 5.32 Å². The van der Waals surface area contributed by atoms with Crippen LogP contribution in [0.3, 0.4) is 0 Å². The number of nitriles is 3. The van der Waals surface area contributed by atoms with Crippen LogP contribution in [0.25, 0.3) is 0 Å². The van der Waals surface area contributed by atoms with Gasteiger partial charge < -0.3 is 10.4 Å². The van der Waals surface area contributed by atoms with Crippen molar-refractivity contribution in [1.82, 2.24) is 0 Å². The van der Waals surface area contributed by atoms with E-state index < -0.39 is 5.60 Å². The summed E-state index contributed by atoms with van der Waals surface area (Å²) < 4.78 is 0. The van der Waals surface area contributed by atoms with Crippen LogP contribution in [-0.2, 0) is 5.60 Å². The lowest BCUT2D eigenvalue weighted by molar-refractivity contribution is 0.0773.